The van der Waals surface area contributed by atoms with E-state index in [1.807, 2.05) is 12.3 Å². The lowest BCUT2D eigenvalue weighted by Crippen LogP contribution is -2.04. The third-order valence-electron chi connectivity index (χ3n) is 5.57. The van der Waals surface area contributed by atoms with Crippen LogP contribution in [-0.2, 0) is 0 Å². The predicted molar refractivity (Wildman–Crippen MR) is 123 cm³/mol. The molecular formula is C25H20FN3O4. The predicted octanol–water partition coefficient (Wildman–Crippen LogP) is 5.11. The molecule has 33 heavy (non-hydrogen) atoms. The van der Waals surface area contributed by atoms with Crippen molar-refractivity contribution in [2.24, 2.45) is 0 Å². The molecule has 0 amide bonds. The van der Waals surface area contributed by atoms with Gasteiger partial charge in [0.15, 0.2) is 17.3 Å². The number of methoxy groups -OCH3 is 3. The molecular weight excluding hydrogens is 425 g/mol. The van der Waals surface area contributed by atoms with Crippen LogP contribution < -0.4 is 14.2 Å². The number of benzene rings is 3. The average Bonchev–Trinajstić information content (AvgIpc) is 3.45. The first kappa shape index (κ1) is 20.6. The van der Waals surface area contributed by atoms with E-state index in [-0.39, 0.29) is 11.6 Å². The second kappa shape index (κ2) is 7.98. The highest BCUT2D eigenvalue weighted by molar-refractivity contribution is 6.12. The Morgan fingerprint density at radius 3 is 2.33 bits per heavy atom. The molecule has 2 N–H and O–H groups in total. The second-order valence-corrected chi connectivity index (χ2v) is 7.45. The molecule has 166 valence electrons. The fraction of sp³-hybridized carbons (Fsp3) is 0.120. The summed E-state index contributed by atoms with van der Waals surface area (Å²) in [6.07, 6.45) is 1.81. The Balaban J connectivity index is 1.59. The zero-order valence-corrected chi connectivity index (χ0v) is 18.2. The number of hydrogen-bond acceptors (Lipinski definition) is 5. The van der Waals surface area contributed by atoms with Crippen LogP contribution in [-0.4, -0.2) is 42.1 Å². The van der Waals surface area contributed by atoms with E-state index >= 15 is 0 Å². The van der Waals surface area contributed by atoms with Crippen LogP contribution in [0.1, 0.15) is 15.9 Å². The van der Waals surface area contributed by atoms with Gasteiger partial charge >= 0.3 is 0 Å². The number of aromatic amines is 2. The minimum absolute atomic E-state index is 0.199. The molecule has 7 nitrogen and oxygen atoms in total. The molecule has 0 aliphatic carbocycles. The van der Waals surface area contributed by atoms with Crippen LogP contribution in [0.25, 0.3) is 33.3 Å². The van der Waals surface area contributed by atoms with Crippen LogP contribution in [0, 0.1) is 5.82 Å². The summed E-state index contributed by atoms with van der Waals surface area (Å²) in [7, 11) is 4.52. The van der Waals surface area contributed by atoms with Gasteiger partial charge in [0.05, 0.1) is 32.4 Å². The number of ketones is 1. The van der Waals surface area contributed by atoms with E-state index in [0.717, 1.165) is 16.5 Å². The highest BCUT2D eigenvalue weighted by Crippen LogP contribution is 2.39. The van der Waals surface area contributed by atoms with Crippen LogP contribution in [0.15, 0.2) is 54.7 Å². The van der Waals surface area contributed by atoms with Crippen molar-refractivity contribution < 1.29 is 23.4 Å². The van der Waals surface area contributed by atoms with Crippen LogP contribution in [0.2, 0.25) is 0 Å². The smallest absolute Gasteiger partial charge is 0.203 e. The Morgan fingerprint density at radius 1 is 0.879 bits per heavy atom. The lowest BCUT2D eigenvalue weighted by Gasteiger charge is -2.13. The minimum atomic E-state index is -0.338. The summed E-state index contributed by atoms with van der Waals surface area (Å²) < 4.78 is 29.7. The summed E-state index contributed by atoms with van der Waals surface area (Å²) in [5.74, 6) is 1.27. The molecule has 0 spiro atoms. The highest BCUT2D eigenvalue weighted by Gasteiger charge is 2.19. The maximum Gasteiger partial charge on any atom is 0.203 e. The molecule has 5 rings (SSSR count). The maximum atomic E-state index is 13.6. The molecule has 8 heteroatoms. The van der Waals surface area contributed by atoms with E-state index < -0.39 is 0 Å². The van der Waals surface area contributed by atoms with Crippen LogP contribution in [0.4, 0.5) is 4.39 Å². The number of carbonyl (C=O) groups excluding carboxylic acids is 1. The summed E-state index contributed by atoms with van der Waals surface area (Å²) in [4.78, 5) is 24.3. The number of rotatable bonds is 6. The Kier molecular flexibility index (Phi) is 4.97. The van der Waals surface area contributed by atoms with E-state index in [0.29, 0.717) is 45.2 Å². The molecule has 5 aromatic rings. The summed E-state index contributed by atoms with van der Waals surface area (Å²) >= 11 is 0. The van der Waals surface area contributed by atoms with Crippen molar-refractivity contribution in [1.82, 2.24) is 15.0 Å². The Hall–Kier alpha value is -4.33. The maximum absolute atomic E-state index is 13.6. The molecule has 3 aromatic carbocycles. The van der Waals surface area contributed by atoms with Gasteiger partial charge < -0.3 is 24.2 Å². The summed E-state index contributed by atoms with van der Waals surface area (Å²) in [5.41, 5.74) is 3.77. The first-order chi connectivity index (χ1) is 16.0. The SMILES string of the molecule is COc1cc(C(=O)c2ccc3[nH]cc(-c4nc5ccc(F)cc5[nH]4)c3c2)cc(OC)c1OC. The number of halogens is 1. The van der Waals surface area contributed by atoms with Crippen molar-refractivity contribution in [3.05, 3.63) is 71.7 Å². The number of fused-ring (bicyclic) bond motifs is 2. The van der Waals surface area contributed by atoms with Gasteiger partial charge in [-0.15, -0.1) is 0 Å². The number of hydrogen-bond donors (Lipinski definition) is 2. The van der Waals surface area contributed by atoms with E-state index in [1.165, 1.54) is 33.5 Å². The average molecular weight is 445 g/mol. The third kappa shape index (κ3) is 3.45. The molecule has 0 saturated carbocycles. The molecule has 0 atom stereocenters. The highest BCUT2D eigenvalue weighted by atomic mass is 19.1. The number of nitrogens with zero attached hydrogens (tertiary/aromatic N) is 1. The number of carbonyl (C=O) groups is 1. The van der Waals surface area contributed by atoms with Crippen molar-refractivity contribution in [3.8, 4) is 28.6 Å². The normalized spacial score (nSPS) is 11.2. The third-order valence-corrected chi connectivity index (χ3v) is 5.57. The molecule has 0 aliphatic heterocycles. The molecule has 0 fully saturated rings. The van der Waals surface area contributed by atoms with E-state index in [4.69, 9.17) is 14.2 Å². The van der Waals surface area contributed by atoms with E-state index in [2.05, 4.69) is 15.0 Å². The van der Waals surface area contributed by atoms with Gasteiger partial charge in [-0.3, -0.25) is 4.79 Å². The van der Waals surface area contributed by atoms with Gasteiger partial charge in [-0.25, -0.2) is 9.37 Å². The van der Waals surface area contributed by atoms with Crippen LogP contribution in [0.5, 0.6) is 17.2 Å². The van der Waals surface area contributed by atoms with E-state index in [9.17, 15) is 9.18 Å². The van der Waals surface area contributed by atoms with Crippen molar-refractivity contribution in [3.63, 3.8) is 0 Å². The van der Waals surface area contributed by atoms with Gasteiger partial charge in [-0.05, 0) is 48.5 Å². The van der Waals surface area contributed by atoms with Gasteiger partial charge in [0.25, 0.3) is 0 Å². The Bertz CT molecular complexity index is 1490. The standard InChI is InChI=1S/C25H20FN3O4/c1-31-21-9-14(10-22(32-2)24(21)33-3)23(30)13-4-6-18-16(8-13)17(12-27-18)25-28-19-7-5-15(26)11-20(19)29-25/h4-12,27H,1-3H3,(H,28,29). The van der Waals surface area contributed by atoms with Gasteiger partial charge in [0, 0.05) is 33.8 Å². The molecule has 0 aliphatic rings. The number of H-pyrrole nitrogens is 2. The van der Waals surface area contributed by atoms with Gasteiger partial charge in [-0.2, -0.15) is 0 Å². The lowest BCUT2D eigenvalue weighted by molar-refractivity contribution is 0.103. The van der Waals surface area contributed by atoms with Gasteiger partial charge in [0.2, 0.25) is 5.75 Å². The lowest BCUT2D eigenvalue weighted by atomic mass is 10.00. The zero-order chi connectivity index (χ0) is 23.1. The molecule has 0 unspecified atom stereocenters. The van der Waals surface area contributed by atoms with Crippen LogP contribution >= 0.6 is 0 Å². The zero-order valence-electron chi connectivity index (χ0n) is 18.2. The number of imidazole rings is 1. The topological polar surface area (TPSA) is 89.2 Å². The monoisotopic (exact) mass is 445 g/mol. The summed E-state index contributed by atoms with van der Waals surface area (Å²) in [6, 6.07) is 13.0. The molecule has 0 saturated heterocycles. The van der Waals surface area contributed by atoms with Crippen molar-refractivity contribution >= 4 is 27.7 Å². The Labute approximate surface area is 188 Å². The summed E-state index contributed by atoms with van der Waals surface area (Å²) in [6.45, 7) is 0. The molecule has 0 radical (unpaired) electrons. The molecule has 2 aromatic heterocycles. The Morgan fingerprint density at radius 2 is 1.64 bits per heavy atom. The van der Waals surface area contributed by atoms with Crippen molar-refractivity contribution in [2.75, 3.05) is 21.3 Å². The van der Waals surface area contributed by atoms with Crippen molar-refractivity contribution in [1.29, 1.82) is 0 Å². The first-order valence-corrected chi connectivity index (χ1v) is 10.1. The fourth-order valence-corrected chi connectivity index (χ4v) is 3.95. The molecule has 0 bridgehead atoms. The quantitative estimate of drug-likeness (QED) is 0.355. The van der Waals surface area contributed by atoms with Gasteiger partial charge in [-0.1, -0.05) is 0 Å². The number of nitrogens with one attached hydrogen (secondary N) is 2. The van der Waals surface area contributed by atoms with E-state index in [1.54, 1.807) is 30.3 Å². The van der Waals surface area contributed by atoms with Gasteiger partial charge in [0.1, 0.15) is 11.6 Å². The van der Waals surface area contributed by atoms with Crippen molar-refractivity contribution in [2.45, 2.75) is 0 Å². The fourth-order valence-electron chi connectivity index (χ4n) is 3.95. The molecule has 2 heterocycles. The summed E-state index contributed by atoms with van der Waals surface area (Å²) in [5, 5.41) is 0.813. The first-order valence-electron chi connectivity index (χ1n) is 10.1. The van der Waals surface area contributed by atoms with Crippen LogP contribution in [0.3, 0.4) is 0 Å². The number of ether oxygens (including phenoxy) is 3. The largest absolute Gasteiger partial charge is 0.493 e. The number of aromatic nitrogens is 3. The minimum Gasteiger partial charge on any atom is -0.493 e. The second-order valence-electron chi connectivity index (χ2n) is 7.45.